The molecule has 1 aliphatic rings. The predicted molar refractivity (Wildman–Crippen MR) is 69.3 cm³/mol. The van der Waals surface area contributed by atoms with E-state index in [4.69, 9.17) is 5.73 Å². The maximum absolute atomic E-state index is 13.1. The largest absolute Gasteiger partial charge is 0.321 e. The maximum Gasteiger partial charge on any atom is 0.123 e. The Morgan fingerprint density at radius 3 is 2.24 bits per heavy atom. The Labute approximate surface area is 103 Å². The number of benzene rings is 1. The van der Waals surface area contributed by atoms with Crippen LogP contribution in [0.15, 0.2) is 18.2 Å². The van der Waals surface area contributed by atoms with Crippen molar-refractivity contribution in [2.45, 2.75) is 52.0 Å². The number of hydrogen-bond donors (Lipinski definition) is 1. The molecule has 0 aliphatic heterocycles. The zero-order chi connectivity index (χ0) is 12.7. The van der Waals surface area contributed by atoms with Crippen LogP contribution in [0.2, 0.25) is 0 Å². The van der Waals surface area contributed by atoms with Gasteiger partial charge in [0, 0.05) is 5.54 Å². The molecule has 1 aromatic carbocycles. The number of aryl methyl sites for hydroxylation is 1. The van der Waals surface area contributed by atoms with Crippen molar-refractivity contribution in [1.29, 1.82) is 0 Å². The van der Waals surface area contributed by atoms with Crippen LogP contribution in [-0.4, -0.2) is 0 Å². The summed E-state index contributed by atoms with van der Waals surface area (Å²) >= 11 is 0. The van der Waals surface area contributed by atoms with Gasteiger partial charge in [0.2, 0.25) is 0 Å². The second kappa shape index (κ2) is 4.09. The average molecular weight is 235 g/mol. The van der Waals surface area contributed by atoms with E-state index in [0.29, 0.717) is 5.41 Å². The van der Waals surface area contributed by atoms with E-state index in [9.17, 15) is 4.39 Å². The average Bonchev–Trinajstić information content (AvgIpc) is 2.23. The quantitative estimate of drug-likeness (QED) is 0.785. The van der Waals surface area contributed by atoms with Crippen molar-refractivity contribution in [2.75, 3.05) is 0 Å². The topological polar surface area (TPSA) is 26.0 Å². The van der Waals surface area contributed by atoms with Crippen LogP contribution in [0.4, 0.5) is 4.39 Å². The highest BCUT2D eigenvalue weighted by atomic mass is 19.1. The van der Waals surface area contributed by atoms with Crippen LogP contribution in [-0.2, 0) is 5.54 Å². The lowest BCUT2D eigenvalue weighted by atomic mass is 9.67. The van der Waals surface area contributed by atoms with Crippen LogP contribution in [0.5, 0.6) is 0 Å². The Kier molecular flexibility index (Phi) is 3.03. The summed E-state index contributed by atoms with van der Waals surface area (Å²) in [7, 11) is 0. The molecule has 17 heavy (non-hydrogen) atoms. The molecule has 0 saturated heterocycles. The molecule has 1 nitrogen and oxygen atoms in total. The van der Waals surface area contributed by atoms with Gasteiger partial charge in [0.1, 0.15) is 5.82 Å². The molecule has 0 radical (unpaired) electrons. The molecule has 2 N–H and O–H groups in total. The van der Waals surface area contributed by atoms with Crippen molar-refractivity contribution in [3.8, 4) is 0 Å². The highest BCUT2D eigenvalue weighted by molar-refractivity contribution is 5.33. The fourth-order valence-corrected chi connectivity index (χ4v) is 2.83. The van der Waals surface area contributed by atoms with Crippen LogP contribution < -0.4 is 5.73 Å². The van der Waals surface area contributed by atoms with E-state index in [1.165, 1.54) is 6.07 Å². The molecule has 0 atom stereocenters. The Morgan fingerprint density at radius 1 is 1.12 bits per heavy atom. The lowest BCUT2D eigenvalue weighted by Crippen LogP contribution is -2.42. The van der Waals surface area contributed by atoms with Gasteiger partial charge in [0.15, 0.2) is 0 Å². The summed E-state index contributed by atoms with van der Waals surface area (Å²) in [4.78, 5) is 0. The van der Waals surface area contributed by atoms with E-state index < -0.39 is 0 Å². The van der Waals surface area contributed by atoms with Crippen molar-refractivity contribution in [2.24, 2.45) is 11.1 Å². The third-order valence-electron chi connectivity index (χ3n) is 4.22. The number of halogens is 1. The maximum atomic E-state index is 13.1. The van der Waals surface area contributed by atoms with E-state index in [-0.39, 0.29) is 11.4 Å². The third kappa shape index (κ3) is 2.52. The standard InChI is InChI=1S/C15H22FN/c1-11-10-12(16)4-5-13(11)15(17)8-6-14(2,3)7-9-15/h4-5,10H,6-9,17H2,1-3H3. The van der Waals surface area contributed by atoms with E-state index in [1.54, 1.807) is 6.07 Å². The summed E-state index contributed by atoms with van der Waals surface area (Å²) in [5, 5.41) is 0. The van der Waals surface area contributed by atoms with Gasteiger partial charge in [-0.3, -0.25) is 0 Å². The van der Waals surface area contributed by atoms with Crippen LogP contribution in [0.25, 0.3) is 0 Å². The molecule has 2 rings (SSSR count). The molecule has 1 aliphatic carbocycles. The molecule has 0 amide bonds. The minimum atomic E-state index is -0.257. The molecule has 0 heterocycles. The Hall–Kier alpha value is -0.890. The summed E-state index contributed by atoms with van der Waals surface area (Å²) in [5.41, 5.74) is 8.77. The van der Waals surface area contributed by atoms with Gasteiger partial charge >= 0.3 is 0 Å². The summed E-state index contributed by atoms with van der Waals surface area (Å²) in [6, 6.07) is 4.98. The summed E-state index contributed by atoms with van der Waals surface area (Å²) in [6.07, 6.45) is 4.26. The van der Waals surface area contributed by atoms with Gasteiger partial charge in [-0.2, -0.15) is 0 Å². The number of nitrogens with two attached hydrogens (primary N) is 1. The Balaban J connectivity index is 2.27. The zero-order valence-electron chi connectivity index (χ0n) is 11.0. The SMILES string of the molecule is Cc1cc(F)ccc1C1(N)CCC(C)(C)CC1. The van der Waals surface area contributed by atoms with Crippen LogP contribution >= 0.6 is 0 Å². The summed E-state index contributed by atoms with van der Waals surface area (Å²) in [5.74, 6) is -0.175. The van der Waals surface area contributed by atoms with Crippen molar-refractivity contribution >= 4 is 0 Å². The van der Waals surface area contributed by atoms with Gasteiger partial charge in [-0.25, -0.2) is 4.39 Å². The van der Waals surface area contributed by atoms with Crippen LogP contribution in [0.1, 0.15) is 50.7 Å². The minimum Gasteiger partial charge on any atom is -0.321 e. The van der Waals surface area contributed by atoms with Gasteiger partial charge in [0.05, 0.1) is 0 Å². The predicted octanol–water partition coefficient (Wildman–Crippen LogP) is 3.89. The lowest BCUT2D eigenvalue weighted by Gasteiger charge is -2.42. The molecule has 0 unspecified atom stereocenters. The highest BCUT2D eigenvalue weighted by Gasteiger charge is 2.37. The zero-order valence-corrected chi connectivity index (χ0v) is 11.0. The first kappa shape index (κ1) is 12.6. The van der Waals surface area contributed by atoms with Crippen LogP contribution in [0, 0.1) is 18.2 Å². The molecule has 0 bridgehead atoms. The normalized spacial score (nSPS) is 22.4. The minimum absolute atomic E-state index is 0.175. The molecule has 1 aromatic rings. The third-order valence-corrected chi connectivity index (χ3v) is 4.22. The second-order valence-electron chi connectivity index (χ2n) is 6.28. The monoisotopic (exact) mass is 235 g/mol. The van der Waals surface area contributed by atoms with Gasteiger partial charge < -0.3 is 5.73 Å². The van der Waals surface area contributed by atoms with Gasteiger partial charge in [-0.15, -0.1) is 0 Å². The summed E-state index contributed by atoms with van der Waals surface area (Å²) in [6.45, 7) is 6.54. The smallest absolute Gasteiger partial charge is 0.123 e. The van der Waals surface area contributed by atoms with Crippen molar-refractivity contribution in [1.82, 2.24) is 0 Å². The van der Waals surface area contributed by atoms with Crippen LogP contribution in [0.3, 0.4) is 0 Å². The first-order valence-corrected chi connectivity index (χ1v) is 6.38. The van der Waals surface area contributed by atoms with E-state index >= 15 is 0 Å². The fraction of sp³-hybridized carbons (Fsp3) is 0.600. The molecular weight excluding hydrogens is 213 g/mol. The van der Waals surface area contributed by atoms with E-state index in [1.807, 2.05) is 13.0 Å². The van der Waals surface area contributed by atoms with Gasteiger partial charge in [-0.1, -0.05) is 19.9 Å². The Bertz CT molecular complexity index is 413. The first-order valence-electron chi connectivity index (χ1n) is 6.38. The molecule has 0 spiro atoms. The molecule has 0 aromatic heterocycles. The molecule has 94 valence electrons. The second-order valence-corrected chi connectivity index (χ2v) is 6.28. The molecular formula is C15H22FN. The Morgan fingerprint density at radius 2 is 1.71 bits per heavy atom. The number of rotatable bonds is 1. The highest BCUT2D eigenvalue weighted by Crippen LogP contribution is 2.44. The lowest BCUT2D eigenvalue weighted by molar-refractivity contribution is 0.165. The molecule has 1 saturated carbocycles. The van der Waals surface area contributed by atoms with E-state index in [2.05, 4.69) is 13.8 Å². The first-order chi connectivity index (χ1) is 7.82. The van der Waals surface area contributed by atoms with E-state index in [0.717, 1.165) is 36.8 Å². The molecule has 1 fully saturated rings. The van der Waals surface area contributed by atoms with Crippen molar-refractivity contribution in [3.05, 3.63) is 35.1 Å². The summed E-state index contributed by atoms with van der Waals surface area (Å²) < 4.78 is 13.1. The van der Waals surface area contributed by atoms with Crippen molar-refractivity contribution < 1.29 is 4.39 Å². The van der Waals surface area contributed by atoms with Gasteiger partial charge in [-0.05, 0) is 61.3 Å². The van der Waals surface area contributed by atoms with Crippen molar-refractivity contribution in [3.63, 3.8) is 0 Å². The molecule has 2 heteroatoms. The fourth-order valence-electron chi connectivity index (χ4n) is 2.83. The number of hydrogen-bond acceptors (Lipinski definition) is 1. The van der Waals surface area contributed by atoms with Gasteiger partial charge in [0.25, 0.3) is 0 Å².